The van der Waals surface area contributed by atoms with Crippen LogP contribution in [0.2, 0.25) is 0 Å². The van der Waals surface area contributed by atoms with Gasteiger partial charge in [0.15, 0.2) is 0 Å². The van der Waals surface area contributed by atoms with Gasteiger partial charge >= 0.3 is 0 Å². The van der Waals surface area contributed by atoms with Crippen LogP contribution in [0, 0.1) is 17.8 Å². The minimum Gasteiger partial charge on any atom is -0.497 e. The van der Waals surface area contributed by atoms with Gasteiger partial charge in [0.2, 0.25) is 11.8 Å². The lowest BCUT2D eigenvalue weighted by molar-refractivity contribution is -0.139. The summed E-state index contributed by atoms with van der Waals surface area (Å²) in [5, 5.41) is 9.21. The third-order valence-electron chi connectivity index (χ3n) is 10.1. The lowest BCUT2D eigenvalue weighted by Crippen LogP contribution is -2.57. The molecule has 3 unspecified atom stereocenters. The predicted octanol–water partition coefficient (Wildman–Crippen LogP) is 5.72. The largest absolute Gasteiger partial charge is 0.497 e. The van der Waals surface area contributed by atoms with E-state index in [-0.39, 0.29) is 42.0 Å². The molecule has 0 aliphatic carbocycles. The first kappa shape index (κ1) is 35.5. The van der Waals surface area contributed by atoms with Gasteiger partial charge in [-0.1, -0.05) is 31.9 Å². The molecule has 3 saturated heterocycles. The van der Waals surface area contributed by atoms with Gasteiger partial charge in [-0.25, -0.2) is 0 Å². The zero-order valence-electron chi connectivity index (χ0n) is 28.4. The third-order valence-corrected chi connectivity index (χ3v) is 12.1. The Morgan fingerprint density at radius 2 is 1.54 bits per heavy atom. The van der Waals surface area contributed by atoms with Gasteiger partial charge in [0.1, 0.15) is 17.5 Å². The van der Waals surface area contributed by atoms with Crippen molar-refractivity contribution in [3.05, 3.63) is 73.8 Å². The minimum absolute atomic E-state index is 0.0404. The molecular formula is C38H49N3O6S. The van der Waals surface area contributed by atoms with Crippen LogP contribution in [0.1, 0.15) is 46.0 Å². The molecule has 48 heavy (non-hydrogen) atoms. The highest BCUT2D eigenvalue weighted by atomic mass is 32.2. The molecule has 3 amide bonds. The molecule has 3 aliphatic heterocycles. The van der Waals surface area contributed by atoms with Crippen LogP contribution in [0.15, 0.2) is 73.8 Å². The summed E-state index contributed by atoms with van der Waals surface area (Å²) in [5.41, 5.74) is 1.41. The van der Waals surface area contributed by atoms with Crippen LogP contribution in [-0.4, -0.2) is 83.7 Å². The second kappa shape index (κ2) is 15.6. The monoisotopic (exact) mass is 675 g/mol. The van der Waals surface area contributed by atoms with Crippen molar-refractivity contribution in [3.63, 3.8) is 0 Å². The van der Waals surface area contributed by atoms with Crippen molar-refractivity contribution in [2.45, 2.75) is 62.0 Å². The Labute approximate surface area is 288 Å². The quantitative estimate of drug-likeness (QED) is 0.169. The van der Waals surface area contributed by atoms with Gasteiger partial charge in [-0.15, -0.1) is 24.9 Å². The fraction of sp³-hybridized carbons (Fsp3) is 0.500. The summed E-state index contributed by atoms with van der Waals surface area (Å²) in [7, 11) is 1.60. The van der Waals surface area contributed by atoms with Crippen LogP contribution in [0.5, 0.6) is 11.5 Å². The van der Waals surface area contributed by atoms with Crippen molar-refractivity contribution in [1.29, 1.82) is 0 Å². The van der Waals surface area contributed by atoms with Gasteiger partial charge in [0.25, 0.3) is 5.91 Å². The maximum Gasteiger partial charge on any atom is 0.251 e. The summed E-state index contributed by atoms with van der Waals surface area (Å²) >= 11 is 1.68. The smallest absolute Gasteiger partial charge is 0.251 e. The molecule has 0 radical (unpaired) electrons. The number of ether oxygens (including phenoxy) is 2. The molecular weight excluding hydrogens is 627 g/mol. The van der Waals surface area contributed by atoms with Gasteiger partial charge in [-0.3, -0.25) is 14.4 Å². The molecule has 2 aromatic rings. The number of hydrogen-bond donors (Lipinski definition) is 1. The SMILES string of the molecule is C=CCN(C(=O)C1N(CCCCCCO)C(=O)[C@@H]2[C@@H](C(=O)N(CC=C)c3ccc(OCC)cc3)[C@H]3CC(C)C12S3)c1ccc(OC)cc1. The number of methoxy groups -OCH3 is 1. The van der Waals surface area contributed by atoms with Crippen molar-refractivity contribution < 1.29 is 29.0 Å². The molecule has 258 valence electrons. The van der Waals surface area contributed by atoms with E-state index >= 15 is 0 Å². The Kier molecular flexibility index (Phi) is 11.6. The van der Waals surface area contributed by atoms with E-state index in [9.17, 15) is 19.5 Å². The van der Waals surface area contributed by atoms with E-state index in [0.717, 1.165) is 25.0 Å². The van der Waals surface area contributed by atoms with Gasteiger partial charge in [0, 0.05) is 42.9 Å². The Hall–Kier alpha value is -3.76. The van der Waals surface area contributed by atoms with E-state index < -0.39 is 22.6 Å². The third kappa shape index (κ3) is 6.49. The first-order valence-corrected chi connectivity index (χ1v) is 18.0. The maximum absolute atomic E-state index is 15.0. The fourth-order valence-electron chi connectivity index (χ4n) is 7.95. The van der Waals surface area contributed by atoms with Crippen molar-refractivity contribution in [3.8, 4) is 11.5 Å². The zero-order chi connectivity index (χ0) is 34.4. The number of fused-ring (bicyclic) bond motifs is 1. The average Bonchev–Trinajstić information content (AvgIpc) is 3.69. The first-order valence-electron chi connectivity index (χ1n) is 17.1. The molecule has 10 heteroatoms. The topological polar surface area (TPSA) is 99.6 Å². The van der Waals surface area contributed by atoms with Crippen LogP contribution < -0.4 is 19.3 Å². The number of likely N-dealkylation sites (tertiary alicyclic amines) is 1. The number of hydrogen-bond acceptors (Lipinski definition) is 7. The van der Waals surface area contributed by atoms with Gasteiger partial charge in [-0.2, -0.15) is 0 Å². The molecule has 6 atom stereocenters. The normalized spacial score (nSPS) is 25.5. The Morgan fingerprint density at radius 1 is 0.958 bits per heavy atom. The Bertz CT molecular complexity index is 1470. The van der Waals surface area contributed by atoms with E-state index in [1.54, 1.807) is 45.7 Å². The second-order valence-electron chi connectivity index (χ2n) is 12.8. The van der Waals surface area contributed by atoms with E-state index in [1.165, 1.54) is 0 Å². The minimum atomic E-state index is -0.755. The molecule has 5 rings (SSSR count). The van der Waals surface area contributed by atoms with Crippen LogP contribution in [0.3, 0.4) is 0 Å². The maximum atomic E-state index is 15.0. The molecule has 0 aromatic heterocycles. The molecule has 1 N–H and O–H groups in total. The summed E-state index contributed by atoms with van der Waals surface area (Å²) in [4.78, 5) is 49.6. The molecule has 3 fully saturated rings. The number of carbonyl (C=O) groups excluding carboxylic acids is 3. The number of nitrogens with zero attached hydrogens (tertiary/aromatic N) is 3. The highest BCUT2D eigenvalue weighted by Gasteiger charge is 2.76. The molecule has 1 spiro atoms. The van der Waals surface area contributed by atoms with Gasteiger partial charge in [-0.05, 0) is 80.6 Å². The lowest BCUT2D eigenvalue weighted by Gasteiger charge is -2.41. The number of rotatable bonds is 17. The summed E-state index contributed by atoms with van der Waals surface area (Å²) < 4.78 is 10.2. The highest BCUT2D eigenvalue weighted by molar-refractivity contribution is 8.02. The van der Waals surface area contributed by atoms with E-state index in [4.69, 9.17) is 9.47 Å². The standard InChI is InChI=1S/C38H49N3O6S/c1-6-21-39(27-15-19-30(20-16-27)47-8-3)35(43)32-31-25-26(4)38(48-31)33(32)36(44)41(23-11-9-10-12-24-42)34(38)37(45)40(22-7-2)28-13-17-29(46-5)18-14-28/h6-7,13-20,26,31-34,42H,1-2,8-12,21-25H2,3-5H3/t26?,31-,32+,33+,34?,38?/m1/s1. The number of thioether (sulfide) groups is 1. The fourth-order valence-corrected chi connectivity index (χ4v) is 10.4. The van der Waals surface area contributed by atoms with Crippen molar-refractivity contribution in [1.82, 2.24) is 4.90 Å². The summed E-state index contributed by atoms with van der Waals surface area (Å²) in [6, 6.07) is 14.0. The second-order valence-corrected chi connectivity index (χ2v) is 14.4. The van der Waals surface area contributed by atoms with Crippen molar-refractivity contribution in [2.24, 2.45) is 17.8 Å². The van der Waals surface area contributed by atoms with E-state index in [1.807, 2.05) is 55.5 Å². The molecule has 2 bridgehead atoms. The molecule has 3 aliphatic rings. The molecule has 9 nitrogen and oxygen atoms in total. The predicted molar refractivity (Wildman–Crippen MR) is 192 cm³/mol. The van der Waals surface area contributed by atoms with E-state index in [2.05, 4.69) is 20.1 Å². The van der Waals surface area contributed by atoms with Crippen molar-refractivity contribution >= 4 is 40.9 Å². The van der Waals surface area contributed by atoms with Gasteiger partial charge < -0.3 is 29.3 Å². The zero-order valence-corrected chi connectivity index (χ0v) is 29.2. The summed E-state index contributed by atoms with van der Waals surface area (Å²) in [6.07, 6.45) is 7.22. The number of unbranched alkanes of at least 4 members (excludes halogenated alkanes) is 3. The van der Waals surface area contributed by atoms with E-state index in [0.29, 0.717) is 49.7 Å². The number of anilines is 2. The molecule has 0 saturated carbocycles. The van der Waals surface area contributed by atoms with Crippen LogP contribution in [0.4, 0.5) is 11.4 Å². The van der Waals surface area contributed by atoms with Crippen LogP contribution >= 0.6 is 11.8 Å². The average molecular weight is 676 g/mol. The van der Waals surface area contributed by atoms with Gasteiger partial charge in [0.05, 0.1) is 30.3 Å². The number of benzene rings is 2. The Morgan fingerprint density at radius 3 is 2.10 bits per heavy atom. The highest BCUT2D eigenvalue weighted by Crippen LogP contribution is 2.69. The number of aliphatic hydroxyl groups is 1. The number of carbonyl (C=O) groups is 3. The molecule has 2 aromatic carbocycles. The first-order chi connectivity index (χ1) is 23.3. The van der Waals surface area contributed by atoms with Crippen LogP contribution in [-0.2, 0) is 14.4 Å². The van der Waals surface area contributed by atoms with Crippen LogP contribution in [0.25, 0.3) is 0 Å². The summed E-state index contributed by atoms with van der Waals surface area (Å²) in [6.45, 7) is 13.6. The molecule has 3 heterocycles. The lowest BCUT2D eigenvalue weighted by atomic mass is 9.65. The summed E-state index contributed by atoms with van der Waals surface area (Å²) in [5.74, 6) is -0.154. The number of aliphatic hydroxyl groups excluding tert-OH is 1. The Balaban J connectivity index is 1.53. The number of amides is 3. The van der Waals surface area contributed by atoms with Crippen molar-refractivity contribution in [2.75, 3.05) is 49.8 Å².